The molecule has 7 heteroatoms. The van der Waals surface area contributed by atoms with E-state index in [1.54, 1.807) is 0 Å². The number of carbonyl (C=O) groups is 1. The smallest absolute Gasteiger partial charge is 0.416 e. The molecule has 1 unspecified atom stereocenters. The number of halogens is 5. The SMILES string of the molecule is O=C(O)CC(C=C(F)F)c1cccc(C(F)(F)F)c1. The Hall–Kier alpha value is -1.92. The maximum atomic E-state index is 12.5. The normalized spacial score (nSPS) is 12.9. The van der Waals surface area contributed by atoms with Gasteiger partial charge in [0.1, 0.15) is 0 Å². The zero-order valence-electron chi connectivity index (χ0n) is 9.42. The fraction of sp³-hybridized carbons (Fsp3) is 0.250. The zero-order valence-corrected chi connectivity index (χ0v) is 9.42. The summed E-state index contributed by atoms with van der Waals surface area (Å²) in [6.45, 7) is 0. The van der Waals surface area contributed by atoms with Gasteiger partial charge in [-0.05, 0) is 17.7 Å². The Kier molecular flexibility index (Phi) is 4.63. The van der Waals surface area contributed by atoms with Crippen molar-refractivity contribution in [3.63, 3.8) is 0 Å². The summed E-state index contributed by atoms with van der Waals surface area (Å²) >= 11 is 0. The molecule has 0 aromatic heterocycles. The molecule has 0 amide bonds. The molecule has 0 saturated heterocycles. The van der Waals surface area contributed by atoms with Crippen LogP contribution in [0.1, 0.15) is 23.5 Å². The van der Waals surface area contributed by atoms with Crippen molar-refractivity contribution in [2.45, 2.75) is 18.5 Å². The molecule has 0 fully saturated rings. The van der Waals surface area contributed by atoms with Gasteiger partial charge in [0.05, 0.1) is 12.0 Å². The predicted molar refractivity (Wildman–Crippen MR) is 56.7 cm³/mol. The highest BCUT2D eigenvalue weighted by Gasteiger charge is 2.31. The number of rotatable bonds is 4. The van der Waals surface area contributed by atoms with Crippen molar-refractivity contribution in [3.05, 3.63) is 47.5 Å². The highest BCUT2D eigenvalue weighted by atomic mass is 19.4. The van der Waals surface area contributed by atoms with E-state index in [0.29, 0.717) is 12.1 Å². The lowest BCUT2D eigenvalue weighted by molar-refractivity contribution is -0.138. The molecule has 0 heterocycles. The minimum absolute atomic E-state index is 0.120. The molecule has 104 valence electrons. The van der Waals surface area contributed by atoms with Crippen LogP contribution in [0.4, 0.5) is 22.0 Å². The monoisotopic (exact) mass is 280 g/mol. The standard InChI is InChI=1S/C12H9F5O2/c13-10(14)5-8(6-11(18)19)7-2-1-3-9(4-7)12(15,16)17/h1-5,8H,6H2,(H,18,19). The number of aliphatic carboxylic acids is 1. The van der Waals surface area contributed by atoms with E-state index in [1.165, 1.54) is 6.07 Å². The van der Waals surface area contributed by atoms with Gasteiger partial charge in [-0.2, -0.15) is 22.0 Å². The molecule has 1 atom stereocenters. The predicted octanol–water partition coefficient (Wildman–Crippen LogP) is 4.04. The van der Waals surface area contributed by atoms with Crippen LogP contribution in [0.2, 0.25) is 0 Å². The van der Waals surface area contributed by atoms with Gasteiger partial charge >= 0.3 is 12.1 Å². The third-order valence-electron chi connectivity index (χ3n) is 2.36. The van der Waals surface area contributed by atoms with Gasteiger partial charge in [0.15, 0.2) is 0 Å². The average Bonchev–Trinajstić information content (AvgIpc) is 2.26. The van der Waals surface area contributed by atoms with Gasteiger partial charge in [-0.3, -0.25) is 4.79 Å². The van der Waals surface area contributed by atoms with Crippen molar-refractivity contribution < 1.29 is 31.9 Å². The first kappa shape index (κ1) is 15.1. The molecule has 1 rings (SSSR count). The Labute approximate surface area is 105 Å². The van der Waals surface area contributed by atoms with Crippen LogP contribution in [0.3, 0.4) is 0 Å². The van der Waals surface area contributed by atoms with Crippen molar-refractivity contribution in [2.75, 3.05) is 0 Å². The molecule has 0 aliphatic rings. The van der Waals surface area contributed by atoms with Crippen LogP contribution < -0.4 is 0 Å². The summed E-state index contributed by atoms with van der Waals surface area (Å²) in [4.78, 5) is 10.5. The van der Waals surface area contributed by atoms with Crippen molar-refractivity contribution in [3.8, 4) is 0 Å². The van der Waals surface area contributed by atoms with Crippen molar-refractivity contribution >= 4 is 5.97 Å². The van der Waals surface area contributed by atoms with Crippen molar-refractivity contribution in [1.82, 2.24) is 0 Å². The molecular weight excluding hydrogens is 271 g/mol. The van der Waals surface area contributed by atoms with Gasteiger partial charge in [0.2, 0.25) is 0 Å². The maximum Gasteiger partial charge on any atom is 0.416 e. The van der Waals surface area contributed by atoms with Crippen molar-refractivity contribution in [2.24, 2.45) is 0 Å². The lowest BCUT2D eigenvalue weighted by Gasteiger charge is -2.13. The number of allylic oxidation sites excluding steroid dienone is 1. The third kappa shape index (κ3) is 4.69. The first-order valence-electron chi connectivity index (χ1n) is 5.12. The molecule has 1 aromatic rings. The molecular formula is C12H9F5O2. The maximum absolute atomic E-state index is 12.5. The molecule has 0 bridgehead atoms. The molecule has 0 radical (unpaired) electrons. The summed E-state index contributed by atoms with van der Waals surface area (Å²) in [5, 5.41) is 8.59. The van der Waals surface area contributed by atoms with Crippen LogP contribution >= 0.6 is 0 Å². The van der Waals surface area contributed by atoms with Crippen molar-refractivity contribution in [1.29, 1.82) is 0 Å². The van der Waals surface area contributed by atoms with Crippen LogP contribution in [0.15, 0.2) is 36.4 Å². The summed E-state index contributed by atoms with van der Waals surface area (Å²) < 4.78 is 61.8. The Morgan fingerprint density at radius 2 is 1.95 bits per heavy atom. The number of benzene rings is 1. The number of carboxylic acid groups (broad SMARTS) is 1. The van der Waals surface area contributed by atoms with Gasteiger partial charge in [-0.1, -0.05) is 18.2 Å². The minimum atomic E-state index is -4.61. The summed E-state index contributed by atoms with van der Waals surface area (Å²) in [6.07, 6.45) is -7.12. The Morgan fingerprint density at radius 3 is 2.42 bits per heavy atom. The molecule has 0 aliphatic carbocycles. The van der Waals surface area contributed by atoms with Gasteiger partial charge in [0, 0.05) is 5.92 Å². The second-order valence-corrected chi connectivity index (χ2v) is 3.78. The minimum Gasteiger partial charge on any atom is -0.481 e. The van der Waals surface area contributed by atoms with E-state index in [0.717, 1.165) is 12.1 Å². The van der Waals surface area contributed by atoms with Gasteiger partial charge in [0.25, 0.3) is 6.08 Å². The lowest BCUT2D eigenvalue weighted by atomic mass is 9.94. The number of hydrogen-bond acceptors (Lipinski definition) is 1. The molecule has 0 aliphatic heterocycles. The molecule has 0 spiro atoms. The van der Waals surface area contributed by atoms with Crippen LogP contribution in [-0.2, 0) is 11.0 Å². The first-order chi connectivity index (χ1) is 8.70. The second-order valence-electron chi connectivity index (χ2n) is 3.78. The summed E-state index contributed by atoms with van der Waals surface area (Å²) in [6, 6.07) is 3.70. The Bertz CT molecular complexity index is 489. The lowest BCUT2D eigenvalue weighted by Crippen LogP contribution is -2.08. The second kappa shape index (κ2) is 5.81. The van der Waals surface area contributed by atoms with E-state index in [-0.39, 0.29) is 5.56 Å². The van der Waals surface area contributed by atoms with Crippen LogP contribution in [-0.4, -0.2) is 11.1 Å². The van der Waals surface area contributed by atoms with E-state index in [2.05, 4.69) is 0 Å². The van der Waals surface area contributed by atoms with E-state index in [4.69, 9.17) is 5.11 Å². The van der Waals surface area contributed by atoms with Gasteiger partial charge in [-0.25, -0.2) is 0 Å². The van der Waals surface area contributed by atoms with E-state index >= 15 is 0 Å². The summed E-state index contributed by atoms with van der Waals surface area (Å²) in [5.41, 5.74) is -1.13. The first-order valence-corrected chi connectivity index (χ1v) is 5.12. The number of hydrogen-bond donors (Lipinski definition) is 1. The van der Waals surface area contributed by atoms with E-state index < -0.39 is 36.1 Å². The van der Waals surface area contributed by atoms with Gasteiger partial charge < -0.3 is 5.11 Å². The fourth-order valence-electron chi connectivity index (χ4n) is 1.56. The van der Waals surface area contributed by atoms with Crippen LogP contribution in [0, 0.1) is 0 Å². The van der Waals surface area contributed by atoms with E-state index in [1.807, 2.05) is 0 Å². The summed E-state index contributed by atoms with van der Waals surface area (Å²) in [5.74, 6) is -2.68. The third-order valence-corrected chi connectivity index (χ3v) is 2.36. The molecule has 19 heavy (non-hydrogen) atoms. The zero-order chi connectivity index (χ0) is 14.6. The average molecular weight is 280 g/mol. The molecule has 1 aromatic carbocycles. The van der Waals surface area contributed by atoms with E-state index in [9.17, 15) is 26.7 Å². The topological polar surface area (TPSA) is 37.3 Å². The van der Waals surface area contributed by atoms with Gasteiger partial charge in [-0.15, -0.1) is 0 Å². The highest BCUT2D eigenvalue weighted by Crippen LogP contribution is 2.32. The van der Waals surface area contributed by atoms with Crippen LogP contribution in [0.25, 0.3) is 0 Å². The Morgan fingerprint density at radius 1 is 1.32 bits per heavy atom. The van der Waals surface area contributed by atoms with Crippen LogP contribution in [0.5, 0.6) is 0 Å². The Balaban J connectivity index is 3.16. The summed E-state index contributed by atoms with van der Waals surface area (Å²) in [7, 11) is 0. The number of alkyl halides is 3. The quantitative estimate of drug-likeness (QED) is 0.845. The molecule has 0 saturated carbocycles. The molecule has 2 nitrogen and oxygen atoms in total. The highest BCUT2D eigenvalue weighted by molar-refractivity contribution is 5.68. The largest absolute Gasteiger partial charge is 0.481 e. The fourth-order valence-corrected chi connectivity index (χ4v) is 1.56. The number of carboxylic acids is 1. The molecule has 1 N–H and O–H groups in total.